The van der Waals surface area contributed by atoms with Crippen molar-refractivity contribution in [2.75, 3.05) is 6.26 Å². The molecule has 0 radical (unpaired) electrons. The van der Waals surface area contributed by atoms with Gasteiger partial charge in [-0.15, -0.1) is 0 Å². The maximum Gasteiger partial charge on any atom is 0.360 e. The zero-order valence-corrected chi connectivity index (χ0v) is 17.1. The van der Waals surface area contributed by atoms with Gasteiger partial charge in [0, 0.05) is 11.1 Å². The number of hydrogen-bond acceptors (Lipinski definition) is 6. The number of hydrogen-bond donors (Lipinski definition) is 1. The van der Waals surface area contributed by atoms with Crippen LogP contribution in [-0.2, 0) is 28.9 Å². The van der Waals surface area contributed by atoms with E-state index in [1.54, 1.807) is 52.0 Å². The largest absolute Gasteiger partial charge is 0.360 e. The van der Waals surface area contributed by atoms with Gasteiger partial charge in [-0.25, -0.2) is 8.42 Å². The van der Waals surface area contributed by atoms with Crippen LogP contribution in [0.3, 0.4) is 0 Å². The molecule has 144 valence electrons. The highest BCUT2D eigenvalue weighted by molar-refractivity contribution is 7.89. The fourth-order valence-corrected chi connectivity index (χ4v) is 6.75. The van der Waals surface area contributed by atoms with Crippen molar-refractivity contribution in [3.05, 3.63) is 47.5 Å². The number of fused-ring (bicyclic) bond motifs is 1. The third-order valence-corrected chi connectivity index (χ3v) is 7.16. The Hall–Kier alpha value is -1.31. The van der Waals surface area contributed by atoms with E-state index < -0.39 is 35.1 Å². The van der Waals surface area contributed by atoms with Crippen LogP contribution < -0.4 is 4.72 Å². The topological polar surface area (TPSA) is 98.8 Å². The second-order valence-corrected chi connectivity index (χ2v) is 10.6. The van der Waals surface area contributed by atoms with Gasteiger partial charge in [0.1, 0.15) is 0 Å². The number of sulfonamides is 1. The van der Waals surface area contributed by atoms with E-state index in [0.717, 1.165) is 6.26 Å². The van der Waals surface area contributed by atoms with Crippen LogP contribution in [0.4, 0.5) is 0 Å². The molecule has 9 heteroatoms. The summed E-state index contributed by atoms with van der Waals surface area (Å²) in [6, 6.07) is 6.39. The molecule has 0 spiro atoms. The predicted octanol–water partition coefficient (Wildman–Crippen LogP) is 3.18. The lowest BCUT2D eigenvalue weighted by molar-refractivity contribution is 0.103. The molecule has 1 aromatic rings. The minimum absolute atomic E-state index is 0.238. The minimum atomic E-state index is -4.12. The van der Waals surface area contributed by atoms with Gasteiger partial charge in [0.05, 0.1) is 18.5 Å². The molecule has 1 unspecified atom stereocenters. The molecule has 1 aromatic carbocycles. The number of rotatable bonds is 7. The maximum atomic E-state index is 13.9. The summed E-state index contributed by atoms with van der Waals surface area (Å²) in [6.45, 7) is 6.70. The summed E-state index contributed by atoms with van der Waals surface area (Å²) in [5.74, 6) is -0.313. The Balaban J connectivity index is 2.83. The van der Waals surface area contributed by atoms with Crippen LogP contribution in [0.5, 0.6) is 0 Å². The Bertz CT molecular complexity index is 863. The number of carbonyl (C=O) groups excluding carboxylic acids is 1. The molecule has 0 saturated heterocycles. The van der Waals surface area contributed by atoms with Crippen molar-refractivity contribution in [1.29, 1.82) is 0 Å². The standard InChI is InChI=1S/C17H24NO6PS/c1-12(2)23-25(20,24-13(3)4)17(18-26(5,21)22)11-10-16(19)14-8-6-7-9-15(14)17/h6-13,18H,1-5H3. The zero-order valence-electron chi connectivity index (χ0n) is 15.4. The van der Waals surface area contributed by atoms with Crippen molar-refractivity contribution in [1.82, 2.24) is 4.72 Å². The van der Waals surface area contributed by atoms with E-state index in [1.165, 1.54) is 12.2 Å². The first-order chi connectivity index (χ1) is 11.9. The Kier molecular flexibility index (Phi) is 5.95. The van der Waals surface area contributed by atoms with E-state index in [-0.39, 0.29) is 16.9 Å². The van der Waals surface area contributed by atoms with E-state index in [2.05, 4.69) is 4.72 Å². The third kappa shape index (κ3) is 4.15. The lowest BCUT2D eigenvalue weighted by Crippen LogP contribution is -2.47. The van der Waals surface area contributed by atoms with Crippen molar-refractivity contribution in [2.45, 2.75) is 45.2 Å². The van der Waals surface area contributed by atoms with Crippen LogP contribution in [0.15, 0.2) is 36.4 Å². The molecule has 0 amide bonds. The van der Waals surface area contributed by atoms with Gasteiger partial charge in [-0.3, -0.25) is 9.36 Å². The molecule has 0 saturated carbocycles. The maximum absolute atomic E-state index is 13.9. The highest BCUT2D eigenvalue weighted by Gasteiger charge is 2.56. The van der Waals surface area contributed by atoms with Crippen LogP contribution >= 0.6 is 7.60 Å². The van der Waals surface area contributed by atoms with Crippen molar-refractivity contribution >= 4 is 23.4 Å². The molecule has 0 heterocycles. The predicted molar refractivity (Wildman–Crippen MR) is 99.6 cm³/mol. The van der Waals surface area contributed by atoms with Crippen LogP contribution in [0, 0.1) is 0 Å². The Morgan fingerprint density at radius 2 is 1.62 bits per heavy atom. The van der Waals surface area contributed by atoms with E-state index in [1.807, 2.05) is 0 Å². The SMILES string of the molecule is CC(C)OP(=O)(OC(C)C)C1(NS(C)(=O)=O)C=CC(=O)c2ccccc21. The first-order valence-corrected chi connectivity index (χ1v) is 11.6. The molecule has 1 aliphatic rings. The Morgan fingerprint density at radius 3 is 2.12 bits per heavy atom. The molecule has 26 heavy (non-hydrogen) atoms. The first-order valence-electron chi connectivity index (χ1n) is 8.19. The van der Waals surface area contributed by atoms with Gasteiger partial charge in [-0.2, -0.15) is 4.72 Å². The molecule has 1 aliphatic carbocycles. The molecule has 0 bridgehead atoms. The Labute approximate surface area is 154 Å². The van der Waals surface area contributed by atoms with E-state index >= 15 is 0 Å². The van der Waals surface area contributed by atoms with Crippen LogP contribution in [0.2, 0.25) is 0 Å². The summed E-state index contributed by atoms with van der Waals surface area (Å²) >= 11 is 0. The molecule has 0 aliphatic heterocycles. The van der Waals surface area contributed by atoms with Gasteiger partial charge in [0.25, 0.3) is 0 Å². The minimum Gasteiger partial charge on any atom is -0.304 e. The molecule has 7 nitrogen and oxygen atoms in total. The van der Waals surface area contributed by atoms with Crippen molar-refractivity contribution in [3.8, 4) is 0 Å². The number of allylic oxidation sites excluding steroid dienone is 1. The number of carbonyl (C=O) groups is 1. The van der Waals surface area contributed by atoms with Crippen LogP contribution in [0.1, 0.15) is 43.6 Å². The van der Waals surface area contributed by atoms with E-state index in [4.69, 9.17) is 9.05 Å². The quantitative estimate of drug-likeness (QED) is 0.705. The third-order valence-electron chi connectivity index (χ3n) is 3.55. The summed E-state index contributed by atoms with van der Waals surface area (Å²) < 4.78 is 52.0. The highest BCUT2D eigenvalue weighted by Crippen LogP contribution is 2.67. The fourth-order valence-electron chi connectivity index (χ4n) is 2.82. The average molecular weight is 401 g/mol. The van der Waals surface area contributed by atoms with E-state index in [0.29, 0.717) is 0 Å². The smallest absolute Gasteiger partial charge is 0.304 e. The molecular formula is C17H24NO6PS. The average Bonchev–Trinajstić information content (AvgIpc) is 2.47. The summed E-state index contributed by atoms with van der Waals surface area (Å²) in [5.41, 5.74) is 0.480. The lowest BCUT2D eigenvalue weighted by atomic mass is 9.92. The van der Waals surface area contributed by atoms with Gasteiger partial charge in [-0.1, -0.05) is 24.3 Å². The summed E-state index contributed by atoms with van der Waals surface area (Å²) in [5, 5.41) is -1.83. The number of nitrogens with one attached hydrogen (secondary N) is 1. The van der Waals surface area contributed by atoms with Gasteiger partial charge in [0.2, 0.25) is 10.0 Å². The number of ketones is 1. The summed E-state index contributed by atoms with van der Waals surface area (Å²) in [6.07, 6.45) is 2.41. The van der Waals surface area contributed by atoms with Crippen molar-refractivity contribution < 1.29 is 26.8 Å². The molecule has 2 rings (SSSR count). The second-order valence-electron chi connectivity index (χ2n) is 6.69. The van der Waals surface area contributed by atoms with Gasteiger partial charge in [-0.05, 0) is 39.8 Å². The molecule has 1 N–H and O–H groups in total. The van der Waals surface area contributed by atoms with Gasteiger partial charge < -0.3 is 9.05 Å². The van der Waals surface area contributed by atoms with E-state index in [9.17, 15) is 17.8 Å². The van der Waals surface area contributed by atoms with Crippen LogP contribution in [0.25, 0.3) is 0 Å². The molecule has 0 fully saturated rings. The van der Waals surface area contributed by atoms with Gasteiger partial charge in [0.15, 0.2) is 11.1 Å². The first kappa shape index (κ1) is 21.0. The molecular weight excluding hydrogens is 377 g/mol. The van der Waals surface area contributed by atoms with Crippen LogP contribution in [-0.4, -0.2) is 32.7 Å². The second kappa shape index (κ2) is 7.37. The fraction of sp³-hybridized carbons (Fsp3) is 0.471. The van der Waals surface area contributed by atoms with Crippen molar-refractivity contribution in [2.24, 2.45) is 0 Å². The molecule has 0 aromatic heterocycles. The number of benzene rings is 1. The Morgan fingerprint density at radius 1 is 1.08 bits per heavy atom. The normalized spacial score (nSPS) is 20.7. The van der Waals surface area contributed by atoms with Crippen molar-refractivity contribution in [3.63, 3.8) is 0 Å². The highest BCUT2D eigenvalue weighted by atomic mass is 32.2. The van der Waals surface area contributed by atoms with Gasteiger partial charge >= 0.3 is 7.60 Å². The molecule has 1 atom stereocenters. The monoisotopic (exact) mass is 401 g/mol. The summed E-state index contributed by atoms with van der Waals surface area (Å²) in [4.78, 5) is 12.3. The summed E-state index contributed by atoms with van der Waals surface area (Å²) in [7, 11) is -7.96. The zero-order chi connectivity index (χ0) is 19.8. The lowest BCUT2D eigenvalue weighted by Gasteiger charge is -2.40.